The molecule has 0 aromatic heterocycles. The van der Waals surface area contributed by atoms with Gasteiger partial charge in [-0.3, -0.25) is 9.59 Å². The largest absolute Gasteiger partial charge is 0.485 e. The summed E-state index contributed by atoms with van der Waals surface area (Å²) in [6.45, 7) is 0.286. The zero-order chi connectivity index (χ0) is 14.5. The second-order valence-corrected chi connectivity index (χ2v) is 4.55. The number of amides is 1. The van der Waals surface area contributed by atoms with E-state index in [1.807, 2.05) is 0 Å². The molecule has 5 nitrogen and oxygen atoms in total. The number of carbonyl (C=O) groups excluding carboxylic acids is 2. The van der Waals surface area contributed by atoms with Gasteiger partial charge in [0.15, 0.2) is 11.6 Å². The van der Waals surface area contributed by atoms with Gasteiger partial charge in [0.2, 0.25) is 5.91 Å². The summed E-state index contributed by atoms with van der Waals surface area (Å²) in [6.07, 6.45) is 0.400. The maximum absolute atomic E-state index is 13.4. The molecular formula is C14H16FNO4. The van der Waals surface area contributed by atoms with E-state index in [0.29, 0.717) is 6.42 Å². The van der Waals surface area contributed by atoms with Crippen LogP contribution in [0.25, 0.3) is 0 Å². The first-order valence-corrected chi connectivity index (χ1v) is 6.37. The number of benzene rings is 1. The Labute approximate surface area is 116 Å². The molecule has 1 unspecified atom stereocenters. The third kappa shape index (κ3) is 3.46. The fourth-order valence-electron chi connectivity index (χ4n) is 2.05. The summed E-state index contributed by atoms with van der Waals surface area (Å²) < 4.78 is 23.4. The van der Waals surface area contributed by atoms with Gasteiger partial charge in [-0.2, -0.15) is 0 Å². The van der Waals surface area contributed by atoms with Crippen molar-refractivity contribution in [3.8, 4) is 5.75 Å². The zero-order valence-corrected chi connectivity index (χ0v) is 11.1. The number of halogens is 1. The van der Waals surface area contributed by atoms with Crippen LogP contribution >= 0.6 is 0 Å². The lowest BCUT2D eigenvalue weighted by Gasteiger charge is -2.11. The maximum atomic E-state index is 13.4. The van der Waals surface area contributed by atoms with E-state index in [4.69, 9.17) is 4.74 Å². The number of fused-ring (bicyclic) bond motifs is 1. The highest BCUT2D eigenvalue weighted by Gasteiger charge is 2.25. The molecule has 108 valence electrons. The minimum absolute atomic E-state index is 0.0444. The van der Waals surface area contributed by atoms with Gasteiger partial charge in [-0.25, -0.2) is 4.39 Å². The van der Waals surface area contributed by atoms with E-state index in [-0.39, 0.29) is 43.0 Å². The number of para-hydroxylation sites is 1. The van der Waals surface area contributed by atoms with Crippen LogP contribution < -0.4 is 10.1 Å². The van der Waals surface area contributed by atoms with E-state index < -0.39 is 5.97 Å². The van der Waals surface area contributed by atoms with Crippen LogP contribution in [0.3, 0.4) is 0 Å². The molecule has 1 aromatic carbocycles. The molecule has 2 rings (SSSR count). The molecule has 1 aliphatic heterocycles. The van der Waals surface area contributed by atoms with Crippen LogP contribution in [-0.4, -0.2) is 31.6 Å². The Morgan fingerprint density at radius 2 is 2.25 bits per heavy atom. The van der Waals surface area contributed by atoms with Crippen LogP contribution in [0.1, 0.15) is 18.4 Å². The fraction of sp³-hybridized carbons (Fsp3) is 0.429. The molecule has 20 heavy (non-hydrogen) atoms. The van der Waals surface area contributed by atoms with Crippen molar-refractivity contribution < 1.29 is 23.5 Å². The SMILES string of the molecule is COC(=O)CCC(=O)NCC1Cc2cccc(F)c2O1. The van der Waals surface area contributed by atoms with Crippen LogP contribution in [0.15, 0.2) is 18.2 Å². The monoisotopic (exact) mass is 281 g/mol. The molecule has 1 aromatic rings. The third-order valence-corrected chi connectivity index (χ3v) is 3.09. The fourth-order valence-corrected chi connectivity index (χ4v) is 2.05. The van der Waals surface area contributed by atoms with Gasteiger partial charge in [0.05, 0.1) is 20.1 Å². The summed E-state index contributed by atoms with van der Waals surface area (Å²) in [6, 6.07) is 4.78. The molecule has 0 bridgehead atoms. The van der Waals surface area contributed by atoms with Gasteiger partial charge in [0.1, 0.15) is 6.10 Å². The maximum Gasteiger partial charge on any atom is 0.306 e. The molecule has 0 saturated heterocycles. The van der Waals surface area contributed by atoms with Crippen molar-refractivity contribution in [2.24, 2.45) is 0 Å². The Kier molecular flexibility index (Phi) is 4.55. The summed E-state index contributed by atoms with van der Waals surface area (Å²) in [5, 5.41) is 2.66. The summed E-state index contributed by atoms with van der Waals surface area (Å²) in [7, 11) is 1.28. The number of hydrogen-bond acceptors (Lipinski definition) is 4. The molecular weight excluding hydrogens is 265 g/mol. The van der Waals surface area contributed by atoms with E-state index in [2.05, 4.69) is 10.1 Å². The van der Waals surface area contributed by atoms with Crippen molar-refractivity contribution >= 4 is 11.9 Å². The van der Waals surface area contributed by atoms with Gasteiger partial charge in [0.25, 0.3) is 0 Å². The van der Waals surface area contributed by atoms with E-state index in [9.17, 15) is 14.0 Å². The predicted octanol–water partition coefficient (Wildman–Crippen LogP) is 1.20. The van der Waals surface area contributed by atoms with Gasteiger partial charge in [-0.15, -0.1) is 0 Å². The first-order valence-electron chi connectivity index (χ1n) is 6.37. The Morgan fingerprint density at radius 3 is 2.95 bits per heavy atom. The molecule has 0 spiro atoms. The predicted molar refractivity (Wildman–Crippen MR) is 68.8 cm³/mol. The zero-order valence-electron chi connectivity index (χ0n) is 11.1. The lowest BCUT2D eigenvalue weighted by molar-refractivity contribution is -0.142. The first kappa shape index (κ1) is 14.3. The van der Waals surface area contributed by atoms with Crippen molar-refractivity contribution in [3.63, 3.8) is 0 Å². The molecule has 0 saturated carbocycles. The lowest BCUT2D eigenvalue weighted by atomic mass is 10.1. The molecule has 1 heterocycles. The van der Waals surface area contributed by atoms with Gasteiger partial charge in [0, 0.05) is 18.4 Å². The van der Waals surface area contributed by atoms with Crippen molar-refractivity contribution in [1.82, 2.24) is 5.32 Å². The Morgan fingerprint density at radius 1 is 1.45 bits per heavy atom. The standard InChI is InChI=1S/C14H16FNO4/c1-19-13(18)6-5-12(17)16-8-10-7-9-3-2-4-11(15)14(9)20-10/h2-4,10H,5-8H2,1H3,(H,16,17). The molecule has 1 amide bonds. The first-order chi connectivity index (χ1) is 9.60. The number of esters is 1. The van der Waals surface area contributed by atoms with E-state index in [1.165, 1.54) is 13.2 Å². The third-order valence-electron chi connectivity index (χ3n) is 3.09. The highest BCUT2D eigenvalue weighted by molar-refractivity contribution is 5.81. The Balaban J connectivity index is 1.76. The van der Waals surface area contributed by atoms with Crippen molar-refractivity contribution in [1.29, 1.82) is 0 Å². The van der Waals surface area contributed by atoms with Crippen LogP contribution in [0.2, 0.25) is 0 Å². The Hall–Kier alpha value is -2.11. The van der Waals surface area contributed by atoms with E-state index in [0.717, 1.165) is 5.56 Å². The van der Waals surface area contributed by atoms with Gasteiger partial charge < -0.3 is 14.8 Å². The topological polar surface area (TPSA) is 64.6 Å². The molecule has 1 N–H and O–H groups in total. The number of rotatable bonds is 5. The molecule has 6 heteroatoms. The quantitative estimate of drug-likeness (QED) is 0.824. The van der Waals surface area contributed by atoms with Crippen LogP contribution in [0.4, 0.5) is 4.39 Å². The number of carbonyl (C=O) groups is 2. The molecule has 0 fully saturated rings. The number of nitrogens with one attached hydrogen (secondary N) is 1. The van der Waals surface area contributed by atoms with E-state index in [1.54, 1.807) is 12.1 Å². The highest BCUT2D eigenvalue weighted by atomic mass is 19.1. The summed E-state index contributed by atoms with van der Waals surface area (Å²) >= 11 is 0. The summed E-state index contributed by atoms with van der Waals surface area (Å²) in [5.41, 5.74) is 0.804. The van der Waals surface area contributed by atoms with Gasteiger partial charge >= 0.3 is 5.97 Å². The van der Waals surface area contributed by atoms with Gasteiger partial charge in [-0.1, -0.05) is 12.1 Å². The minimum Gasteiger partial charge on any atom is -0.485 e. The second-order valence-electron chi connectivity index (χ2n) is 4.55. The average molecular weight is 281 g/mol. The minimum atomic E-state index is -0.424. The van der Waals surface area contributed by atoms with Crippen LogP contribution in [0, 0.1) is 5.82 Å². The number of methoxy groups -OCH3 is 1. The number of hydrogen-bond donors (Lipinski definition) is 1. The molecule has 1 aliphatic rings. The van der Waals surface area contributed by atoms with Crippen LogP contribution in [-0.2, 0) is 20.7 Å². The van der Waals surface area contributed by atoms with Crippen LogP contribution in [0.5, 0.6) is 5.75 Å². The van der Waals surface area contributed by atoms with Crippen molar-refractivity contribution in [2.45, 2.75) is 25.4 Å². The molecule has 0 radical (unpaired) electrons. The second kappa shape index (κ2) is 6.36. The van der Waals surface area contributed by atoms with Crippen molar-refractivity contribution in [3.05, 3.63) is 29.6 Å². The van der Waals surface area contributed by atoms with Crippen molar-refractivity contribution in [2.75, 3.05) is 13.7 Å². The average Bonchev–Trinajstić information content (AvgIpc) is 2.87. The Bertz CT molecular complexity index is 518. The summed E-state index contributed by atoms with van der Waals surface area (Å²) in [5.74, 6) is -0.800. The lowest BCUT2D eigenvalue weighted by Crippen LogP contribution is -2.34. The smallest absolute Gasteiger partial charge is 0.306 e. The highest BCUT2D eigenvalue weighted by Crippen LogP contribution is 2.30. The number of ether oxygens (including phenoxy) is 2. The summed E-state index contributed by atoms with van der Waals surface area (Å²) in [4.78, 5) is 22.4. The normalized spacial score (nSPS) is 16.2. The van der Waals surface area contributed by atoms with Gasteiger partial charge in [-0.05, 0) is 6.07 Å². The van der Waals surface area contributed by atoms with E-state index >= 15 is 0 Å². The molecule has 0 aliphatic carbocycles. The molecule has 1 atom stereocenters.